The molecule has 1 amide bonds. The zero-order chi connectivity index (χ0) is 17.0. The van der Waals surface area contributed by atoms with E-state index in [-0.39, 0.29) is 9.88 Å². The SMILES string of the molecule is C[C@@H](OC(=O)c1ccc([N+](=O)[O-])s1)C(=O)Nc1ccc(Cl)cc1. The topological polar surface area (TPSA) is 98.5 Å². The number of thiophene rings is 1. The van der Waals surface area contributed by atoms with Crippen LogP contribution in [-0.2, 0) is 9.53 Å². The maximum absolute atomic E-state index is 12.0. The van der Waals surface area contributed by atoms with Crippen molar-refractivity contribution in [2.75, 3.05) is 5.32 Å². The highest BCUT2D eigenvalue weighted by Gasteiger charge is 2.22. The summed E-state index contributed by atoms with van der Waals surface area (Å²) in [4.78, 5) is 33.9. The van der Waals surface area contributed by atoms with Crippen LogP contribution in [-0.4, -0.2) is 22.9 Å². The molecule has 1 aromatic heterocycles. The number of rotatable bonds is 5. The van der Waals surface area contributed by atoms with Gasteiger partial charge in [0.05, 0.1) is 4.92 Å². The number of carbonyl (C=O) groups excluding carboxylic acids is 2. The van der Waals surface area contributed by atoms with E-state index in [4.69, 9.17) is 16.3 Å². The number of amides is 1. The Balaban J connectivity index is 1.95. The number of ether oxygens (including phenoxy) is 1. The van der Waals surface area contributed by atoms with Crippen LogP contribution in [0.5, 0.6) is 0 Å². The average Bonchev–Trinajstić information content (AvgIpc) is 2.99. The number of benzene rings is 1. The largest absolute Gasteiger partial charge is 0.448 e. The minimum atomic E-state index is -1.06. The van der Waals surface area contributed by atoms with Crippen molar-refractivity contribution in [1.82, 2.24) is 0 Å². The number of esters is 1. The van der Waals surface area contributed by atoms with Crippen LogP contribution < -0.4 is 5.32 Å². The Morgan fingerprint density at radius 1 is 1.26 bits per heavy atom. The number of hydrogen-bond donors (Lipinski definition) is 1. The second-order valence-electron chi connectivity index (χ2n) is 4.44. The van der Waals surface area contributed by atoms with E-state index in [2.05, 4.69) is 5.32 Å². The Morgan fingerprint density at radius 3 is 2.48 bits per heavy atom. The monoisotopic (exact) mass is 354 g/mol. The van der Waals surface area contributed by atoms with Gasteiger partial charge in [-0.25, -0.2) is 4.79 Å². The van der Waals surface area contributed by atoms with E-state index in [1.807, 2.05) is 0 Å². The minimum absolute atomic E-state index is 0.0582. The molecule has 2 aromatic rings. The third-order valence-electron chi connectivity index (χ3n) is 2.74. The first-order valence-corrected chi connectivity index (χ1v) is 7.58. The van der Waals surface area contributed by atoms with E-state index < -0.39 is 22.9 Å². The highest BCUT2D eigenvalue weighted by Crippen LogP contribution is 2.24. The van der Waals surface area contributed by atoms with Crippen LogP contribution in [0, 0.1) is 10.1 Å². The normalized spacial score (nSPS) is 11.6. The van der Waals surface area contributed by atoms with Crippen LogP contribution in [0.2, 0.25) is 5.02 Å². The number of nitrogens with one attached hydrogen (secondary N) is 1. The first-order chi connectivity index (χ1) is 10.9. The van der Waals surface area contributed by atoms with Crippen molar-refractivity contribution < 1.29 is 19.2 Å². The second-order valence-corrected chi connectivity index (χ2v) is 5.94. The number of nitro groups is 1. The van der Waals surface area contributed by atoms with Gasteiger partial charge in [-0.15, -0.1) is 0 Å². The molecule has 1 aromatic carbocycles. The summed E-state index contributed by atoms with van der Waals surface area (Å²) in [7, 11) is 0. The molecular formula is C14H11ClN2O5S. The number of nitrogens with zero attached hydrogens (tertiary/aromatic N) is 1. The third kappa shape index (κ3) is 4.51. The molecule has 0 bridgehead atoms. The van der Waals surface area contributed by atoms with Crippen LogP contribution in [0.3, 0.4) is 0 Å². The lowest BCUT2D eigenvalue weighted by Gasteiger charge is -2.12. The van der Waals surface area contributed by atoms with Crippen LogP contribution in [0.1, 0.15) is 16.6 Å². The van der Waals surface area contributed by atoms with E-state index in [1.54, 1.807) is 24.3 Å². The van der Waals surface area contributed by atoms with Gasteiger partial charge < -0.3 is 10.1 Å². The Bertz CT molecular complexity index is 744. The average molecular weight is 355 g/mol. The van der Waals surface area contributed by atoms with E-state index in [0.717, 1.165) is 0 Å². The van der Waals surface area contributed by atoms with Gasteiger partial charge >= 0.3 is 11.0 Å². The predicted molar refractivity (Wildman–Crippen MR) is 85.9 cm³/mol. The highest BCUT2D eigenvalue weighted by molar-refractivity contribution is 7.17. The molecule has 0 unspecified atom stereocenters. The van der Waals surface area contributed by atoms with Crippen LogP contribution in [0.4, 0.5) is 10.7 Å². The minimum Gasteiger partial charge on any atom is -0.448 e. The lowest BCUT2D eigenvalue weighted by molar-refractivity contribution is -0.380. The van der Waals surface area contributed by atoms with Gasteiger partial charge in [0.2, 0.25) is 0 Å². The van der Waals surface area contributed by atoms with E-state index in [1.165, 1.54) is 19.1 Å². The van der Waals surface area contributed by atoms with Crippen molar-refractivity contribution in [2.45, 2.75) is 13.0 Å². The van der Waals surface area contributed by atoms with Crippen molar-refractivity contribution in [3.63, 3.8) is 0 Å². The van der Waals surface area contributed by atoms with Crippen LogP contribution in [0.15, 0.2) is 36.4 Å². The molecule has 7 nitrogen and oxygen atoms in total. The standard InChI is InChI=1S/C14H11ClN2O5S/c1-8(13(18)16-10-4-2-9(15)3-5-10)22-14(19)11-6-7-12(23-11)17(20)21/h2-8H,1H3,(H,16,18)/t8-/m1/s1. The summed E-state index contributed by atoms with van der Waals surface area (Å²) < 4.78 is 5.00. The van der Waals surface area contributed by atoms with Crippen LogP contribution in [0.25, 0.3) is 0 Å². The van der Waals surface area contributed by atoms with Gasteiger partial charge in [0, 0.05) is 16.8 Å². The van der Waals surface area contributed by atoms with Gasteiger partial charge in [0.15, 0.2) is 6.10 Å². The van der Waals surface area contributed by atoms with Gasteiger partial charge in [-0.05, 0) is 37.3 Å². The second kappa shape index (κ2) is 7.21. The Morgan fingerprint density at radius 2 is 1.91 bits per heavy atom. The smallest absolute Gasteiger partial charge is 0.349 e. The third-order valence-corrected chi connectivity index (χ3v) is 4.01. The van der Waals surface area contributed by atoms with Crippen molar-refractivity contribution in [3.05, 3.63) is 56.4 Å². The molecule has 0 aliphatic rings. The summed E-state index contributed by atoms with van der Waals surface area (Å²) in [6.07, 6.45) is -1.06. The maximum atomic E-state index is 12.0. The van der Waals surface area contributed by atoms with Gasteiger partial charge in [-0.2, -0.15) is 0 Å². The van der Waals surface area contributed by atoms with E-state index >= 15 is 0 Å². The first kappa shape index (κ1) is 16.9. The molecule has 0 spiro atoms. The maximum Gasteiger partial charge on any atom is 0.349 e. The van der Waals surface area contributed by atoms with Gasteiger partial charge in [0.1, 0.15) is 4.88 Å². The quantitative estimate of drug-likeness (QED) is 0.503. The molecule has 2 rings (SSSR count). The zero-order valence-electron chi connectivity index (χ0n) is 11.8. The highest BCUT2D eigenvalue weighted by atomic mass is 35.5. The predicted octanol–water partition coefficient (Wildman–Crippen LogP) is 3.49. The molecule has 0 saturated carbocycles. The van der Waals surface area contributed by atoms with Crippen molar-refractivity contribution in [2.24, 2.45) is 0 Å². The number of anilines is 1. The molecule has 1 heterocycles. The molecular weight excluding hydrogens is 344 g/mol. The summed E-state index contributed by atoms with van der Waals surface area (Å²) >= 11 is 6.43. The molecule has 1 atom stereocenters. The lowest BCUT2D eigenvalue weighted by atomic mass is 10.3. The summed E-state index contributed by atoms with van der Waals surface area (Å²) in [6.45, 7) is 1.41. The molecule has 1 N–H and O–H groups in total. The summed E-state index contributed by atoms with van der Waals surface area (Å²) in [5.74, 6) is -1.31. The fourth-order valence-electron chi connectivity index (χ4n) is 1.58. The zero-order valence-corrected chi connectivity index (χ0v) is 13.4. The van der Waals surface area contributed by atoms with Crippen molar-refractivity contribution >= 4 is 45.5 Å². The summed E-state index contributed by atoms with van der Waals surface area (Å²) in [5, 5.41) is 13.5. The summed E-state index contributed by atoms with van der Waals surface area (Å²) in [5.41, 5.74) is 0.508. The van der Waals surface area contributed by atoms with Gasteiger partial charge in [-0.1, -0.05) is 22.9 Å². The first-order valence-electron chi connectivity index (χ1n) is 6.38. The van der Waals surface area contributed by atoms with E-state index in [9.17, 15) is 19.7 Å². The lowest BCUT2D eigenvalue weighted by Crippen LogP contribution is -2.29. The van der Waals surface area contributed by atoms with Gasteiger partial charge in [-0.3, -0.25) is 14.9 Å². The fourth-order valence-corrected chi connectivity index (χ4v) is 2.41. The van der Waals surface area contributed by atoms with Crippen molar-refractivity contribution in [3.8, 4) is 0 Å². The van der Waals surface area contributed by atoms with Crippen LogP contribution >= 0.6 is 22.9 Å². The Kier molecular flexibility index (Phi) is 5.30. The fraction of sp³-hybridized carbons (Fsp3) is 0.143. The number of halogens is 1. The van der Waals surface area contributed by atoms with Crippen molar-refractivity contribution in [1.29, 1.82) is 0 Å². The van der Waals surface area contributed by atoms with E-state index in [0.29, 0.717) is 22.0 Å². The molecule has 0 aliphatic heterocycles. The molecule has 120 valence electrons. The molecule has 0 fully saturated rings. The Hall–Kier alpha value is -2.45. The molecule has 0 saturated heterocycles. The Labute approximate surface area is 140 Å². The number of carbonyl (C=O) groups is 2. The molecule has 23 heavy (non-hydrogen) atoms. The van der Waals surface area contributed by atoms with Gasteiger partial charge in [0.25, 0.3) is 5.91 Å². The molecule has 0 radical (unpaired) electrons. The summed E-state index contributed by atoms with van der Waals surface area (Å²) in [6, 6.07) is 8.93. The molecule has 0 aliphatic carbocycles. The molecule has 9 heteroatoms. The number of hydrogen-bond acceptors (Lipinski definition) is 6.